The highest BCUT2D eigenvalue weighted by Gasteiger charge is 2.27. The molecular formula is C23H24Cl2N4O. The normalized spacial score (nSPS) is 14.6. The number of amides is 1. The zero-order valence-corrected chi connectivity index (χ0v) is 18.3. The number of benzene rings is 2. The fraction of sp³-hybridized carbons (Fsp3) is 0.304. The quantitative estimate of drug-likeness (QED) is 0.591. The molecule has 2 heterocycles. The summed E-state index contributed by atoms with van der Waals surface area (Å²) in [7, 11) is 0. The zero-order chi connectivity index (χ0) is 21.1. The second-order valence-corrected chi connectivity index (χ2v) is 8.47. The van der Waals surface area contributed by atoms with Crippen molar-refractivity contribution in [3.63, 3.8) is 0 Å². The maximum atomic E-state index is 13.1. The number of halogens is 2. The minimum Gasteiger partial charge on any atom is -0.348 e. The highest BCUT2D eigenvalue weighted by molar-refractivity contribution is 6.31. The van der Waals surface area contributed by atoms with Crippen molar-refractivity contribution in [2.24, 2.45) is 0 Å². The fourth-order valence-corrected chi connectivity index (χ4v) is 4.25. The lowest BCUT2D eigenvalue weighted by molar-refractivity contribution is 0.0949. The Morgan fingerprint density at radius 3 is 2.73 bits per heavy atom. The van der Waals surface area contributed by atoms with E-state index >= 15 is 0 Å². The summed E-state index contributed by atoms with van der Waals surface area (Å²) in [5, 5.41) is 12.3. The van der Waals surface area contributed by atoms with E-state index in [1.165, 1.54) is 0 Å². The van der Waals surface area contributed by atoms with E-state index in [9.17, 15) is 4.79 Å². The van der Waals surface area contributed by atoms with Crippen LogP contribution in [0.25, 0.3) is 5.69 Å². The lowest BCUT2D eigenvalue weighted by atomic mass is 9.91. The number of hydrogen-bond acceptors (Lipinski definition) is 3. The maximum Gasteiger partial charge on any atom is 0.255 e. The molecule has 1 aliphatic rings. The summed E-state index contributed by atoms with van der Waals surface area (Å²) >= 11 is 12.4. The van der Waals surface area contributed by atoms with Gasteiger partial charge in [0.2, 0.25) is 0 Å². The third kappa shape index (κ3) is 4.53. The smallest absolute Gasteiger partial charge is 0.255 e. The highest BCUT2D eigenvalue weighted by atomic mass is 35.5. The Bertz CT molecular complexity index is 1060. The first-order valence-corrected chi connectivity index (χ1v) is 10.9. The second kappa shape index (κ2) is 9.21. The van der Waals surface area contributed by atoms with Crippen molar-refractivity contribution in [1.82, 2.24) is 20.4 Å². The van der Waals surface area contributed by atoms with Gasteiger partial charge >= 0.3 is 0 Å². The molecule has 0 saturated carbocycles. The lowest BCUT2D eigenvalue weighted by Gasteiger charge is -2.25. The minimum atomic E-state index is -0.132. The molecule has 0 bridgehead atoms. The average Bonchev–Trinajstić information content (AvgIpc) is 3.20. The highest BCUT2D eigenvalue weighted by Crippen LogP contribution is 2.31. The molecule has 2 N–H and O–H groups in total. The first-order valence-electron chi connectivity index (χ1n) is 10.1. The molecule has 156 valence electrons. The Morgan fingerprint density at radius 2 is 2.00 bits per heavy atom. The summed E-state index contributed by atoms with van der Waals surface area (Å²) in [6, 6.07) is 13.4. The van der Waals surface area contributed by atoms with E-state index in [0.29, 0.717) is 22.2 Å². The molecule has 4 rings (SSSR count). The summed E-state index contributed by atoms with van der Waals surface area (Å²) in [5.41, 5.74) is 4.39. The number of carbonyl (C=O) groups excluding carboxylic acids is 1. The standard InChI is InChI=1S/C23H24Cl2N4O/c1-15-5-6-19(12-21(15)25)29-22(17-7-9-26-10-8-17)20(14-28-29)23(30)27-13-16-3-2-4-18(24)11-16/h2-6,11-12,14,17,26H,7-10,13H2,1H3,(H,27,30). The van der Waals surface area contributed by atoms with Crippen LogP contribution in [0.5, 0.6) is 0 Å². The Kier molecular flexibility index (Phi) is 6.42. The molecule has 1 saturated heterocycles. The molecule has 1 amide bonds. The number of nitrogens with zero attached hydrogens (tertiary/aromatic N) is 2. The molecule has 0 spiro atoms. The molecule has 1 aromatic heterocycles. The van der Waals surface area contributed by atoms with Crippen molar-refractivity contribution in [3.05, 3.63) is 81.1 Å². The monoisotopic (exact) mass is 442 g/mol. The maximum absolute atomic E-state index is 13.1. The van der Waals surface area contributed by atoms with Gasteiger partial charge in [-0.3, -0.25) is 4.79 Å². The van der Waals surface area contributed by atoms with Gasteiger partial charge in [0.1, 0.15) is 0 Å². The number of piperidine rings is 1. The minimum absolute atomic E-state index is 0.132. The average molecular weight is 443 g/mol. The molecule has 0 radical (unpaired) electrons. The van der Waals surface area contributed by atoms with Crippen LogP contribution in [0.4, 0.5) is 0 Å². The van der Waals surface area contributed by atoms with E-state index in [1.54, 1.807) is 6.20 Å². The van der Waals surface area contributed by atoms with Crippen LogP contribution in [-0.4, -0.2) is 28.8 Å². The number of carbonyl (C=O) groups is 1. The molecule has 7 heteroatoms. The van der Waals surface area contributed by atoms with Crippen LogP contribution >= 0.6 is 23.2 Å². The Balaban J connectivity index is 1.65. The van der Waals surface area contributed by atoms with Crippen LogP contribution in [0.2, 0.25) is 10.0 Å². The van der Waals surface area contributed by atoms with Crippen molar-refractivity contribution in [1.29, 1.82) is 0 Å². The van der Waals surface area contributed by atoms with Gasteiger partial charge in [0.15, 0.2) is 0 Å². The summed E-state index contributed by atoms with van der Waals surface area (Å²) < 4.78 is 1.87. The predicted molar refractivity (Wildman–Crippen MR) is 121 cm³/mol. The first-order chi connectivity index (χ1) is 14.5. The van der Waals surface area contributed by atoms with E-state index in [1.807, 2.05) is 54.1 Å². The van der Waals surface area contributed by atoms with Crippen LogP contribution in [0.1, 0.15) is 45.9 Å². The van der Waals surface area contributed by atoms with E-state index in [4.69, 9.17) is 23.2 Å². The molecule has 3 aromatic rings. The van der Waals surface area contributed by atoms with E-state index in [-0.39, 0.29) is 11.8 Å². The summed E-state index contributed by atoms with van der Waals surface area (Å²) in [4.78, 5) is 13.1. The Morgan fingerprint density at radius 1 is 1.20 bits per heavy atom. The van der Waals surface area contributed by atoms with Gasteiger partial charge in [0.05, 0.1) is 23.1 Å². The van der Waals surface area contributed by atoms with Gasteiger partial charge in [-0.15, -0.1) is 0 Å². The largest absolute Gasteiger partial charge is 0.348 e. The third-order valence-electron chi connectivity index (χ3n) is 5.52. The van der Waals surface area contributed by atoms with Gasteiger partial charge in [0, 0.05) is 22.5 Å². The van der Waals surface area contributed by atoms with Crippen LogP contribution in [-0.2, 0) is 6.54 Å². The molecule has 1 fully saturated rings. The van der Waals surface area contributed by atoms with E-state index in [2.05, 4.69) is 15.7 Å². The zero-order valence-electron chi connectivity index (χ0n) is 16.8. The molecule has 2 aromatic carbocycles. The molecule has 0 unspecified atom stereocenters. The third-order valence-corrected chi connectivity index (χ3v) is 6.16. The Hall–Kier alpha value is -2.34. The predicted octanol–water partition coefficient (Wildman–Crippen LogP) is 4.88. The van der Waals surface area contributed by atoms with Gasteiger partial charge in [-0.2, -0.15) is 5.10 Å². The summed E-state index contributed by atoms with van der Waals surface area (Å²) in [6.45, 7) is 4.23. The second-order valence-electron chi connectivity index (χ2n) is 7.63. The van der Waals surface area contributed by atoms with Crippen molar-refractivity contribution >= 4 is 29.1 Å². The topological polar surface area (TPSA) is 59.0 Å². The van der Waals surface area contributed by atoms with E-state index < -0.39 is 0 Å². The summed E-state index contributed by atoms with van der Waals surface area (Å²) in [5.74, 6) is 0.119. The number of rotatable bonds is 5. The molecule has 0 atom stereocenters. The van der Waals surface area contributed by atoms with Gasteiger partial charge < -0.3 is 10.6 Å². The number of aryl methyl sites for hydroxylation is 1. The number of nitrogens with one attached hydrogen (secondary N) is 2. The number of hydrogen-bond donors (Lipinski definition) is 2. The van der Waals surface area contributed by atoms with Gasteiger partial charge in [0.25, 0.3) is 5.91 Å². The van der Waals surface area contributed by atoms with Crippen molar-refractivity contribution in [3.8, 4) is 5.69 Å². The molecule has 30 heavy (non-hydrogen) atoms. The first kappa shape index (κ1) is 20.9. The van der Waals surface area contributed by atoms with Crippen LogP contribution < -0.4 is 10.6 Å². The van der Waals surface area contributed by atoms with Gasteiger partial charge in [-0.1, -0.05) is 41.4 Å². The van der Waals surface area contributed by atoms with Crippen molar-refractivity contribution < 1.29 is 4.79 Å². The van der Waals surface area contributed by atoms with Crippen LogP contribution in [0.15, 0.2) is 48.7 Å². The summed E-state index contributed by atoms with van der Waals surface area (Å²) in [6.07, 6.45) is 3.58. The molecule has 0 aliphatic carbocycles. The van der Waals surface area contributed by atoms with E-state index in [0.717, 1.165) is 48.4 Å². The van der Waals surface area contributed by atoms with Gasteiger partial charge in [-0.25, -0.2) is 4.68 Å². The molecule has 5 nitrogen and oxygen atoms in total. The number of aromatic nitrogens is 2. The van der Waals surface area contributed by atoms with Crippen LogP contribution in [0.3, 0.4) is 0 Å². The lowest BCUT2D eigenvalue weighted by Crippen LogP contribution is -2.30. The molecular weight excluding hydrogens is 419 g/mol. The van der Waals surface area contributed by atoms with Crippen LogP contribution in [0, 0.1) is 6.92 Å². The van der Waals surface area contributed by atoms with Crippen molar-refractivity contribution in [2.75, 3.05) is 13.1 Å². The SMILES string of the molecule is Cc1ccc(-n2ncc(C(=O)NCc3cccc(Cl)c3)c2C2CCNCC2)cc1Cl. The van der Waals surface area contributed by atoms with Gasteiger partial charge in [-0.05, 0) is 68.2 Å². The molecule has 1 aliphatic heterocycles. The fourth-order valence-electron chi connectivity index (χ4n) is 3.86. The Labute approximate surface area is 186 Å². The van der Waals surface area contributed by atoms with Crippen molar-refractivity contribution in [2.45, 2.75) is 32.2 Å².